The fourth-order valence-electron chi connectivity index (χ4n) is 4.74. The van der Waals surface area contributed by atoms with Gasteiger partial charge in [0.1, 0.15) is 5.82 Å². The van der Waals surface area contributed by atoms with E-state index in [1.54, 1.807) is 26.2 Å². The van der Waals surface area contributed by atoms with E-state index < -0.39 is 39.9 Å². The molecule has 1 aliphatic rings. The molecule has 232 valence electrons. The minimum absolute atomic E-state index is 0.104. The highest BCUT2D eigenvalue weighted by molar-refractivity contribution is 6.07. The number of nitro groups is 1. The van der Waals surface area contributed by atoms with E-state index in [0.29, 0.717) is 40.7 Å². The fraction of sp³-hybridized carbons (Fsp3) is 0.200. The SMILES string of the molecule is Cc1ccc(NC(=O)c2cc([N+](=O)[O-])cc(C(F)(F)F)c2)cc1N1Cc2cnc(Nc3cccc(N(C)C)c3)nc2N(C)C1=O. The Labute approximate surface area is 255 Å². The van der Waals surface area contributed by atoms with Crippen LogP contribution >= 0.6 is 0 Å². The highest BCUT2D eigenvalue weighted by Gasteiger charge is 2.34. The number of nitrogens with one attached hydrogen (secondary N) is 2. The van der Waals surface area contributed by atoms with E-state index in [4.69, 9.17) is 0 Å². The number of halogens is 3. The average molecular weight is 621 g/mol. The Morgan fingerprint density at radius 2 is 1.82 bits per heavy atom. The Bertz CT molecular complexity index is 1830. The van der Waals surface area contributed by atoms with Crippen LogP contribution in [0.25, 0.3) is 0 Å². The molecule has 0 unspecified atom stereocenters. The van der Waals surface area contributed by atoms with Crippen LogP contribution < -0.4 is 25.3 Å². The summed E-state index contributed by atoms with van der Waals surface area (Å²) in [6, 6.07) is 13.6. The molecule has 1 aliphatic heterocycles. The van der Waals surface area contributed by atoms with Crippen molar-refractivity contribution in [1.29, 1.82) is 0 Å². The monoisotopic (exact) mass is 620 g/mol. The van der Waals surface area contributed by atoms with Crippen LogP contribution in [0, 0.1) is 17.0 Å². The predicted octanol–water partition coefficient (Wildman–Crippen LogP) is 6.35. The maximum Gasteiger partial charge on any atom is 0.416 e. The number of aryl methyl sites for hydroxylation is 1. The number of nitrogens with zero attached hydrogens (tertiary/aromatic N) is 6. The Balaban J connectivity index is 1.39. The zero-order valence-corrected chi connectivity index (χ0v) is 24.5. The summed E-state index contributed by atoms with van der Waals surface area (Å²) >= 11 is 0. The molecule has 3 aromatic carbocycles. The van der Waals surface area contributed by atoms with Crippen LogP contribution in [0.2, 0.25) is 0 Å². The third kappa shape index (κ3) is 6.46. The number of hydrogen-bond donors (Lipinski definition) is 2. The molecule has 5 rings (SSSR count). The molecule has 2 heterocycles. The lowest BCUT2D eigenvalue weighted by atomic mass is 10.1. The molecular weight excluding hydrogens is 593 g/mol. The summed E-state index contributed by atoms with van der Waals surface area (Å²) in [4.78, 5) is 50.4. The Morgan fingerprint density at radius 3 is 2.51 bits per heavy atom. The number of amides is 3. The lowest BCUT2D eigenvalue weighted by Gasteiger charge is -2.35. The van der Waals surface area contributed by atoms with Gasteiger partial charge in [-0.25, -0.2) is 9.78 Å². The van der Waals surface area contributed by atoms with Crippen molar-refractivity contribution in [3.05, 3.63) is 99.2 Å². The van der Waals surface area contributed by atoms with E-state index in [1.165, 1.54) is 21.9 Å². The van der Waals surface area contributed by atoms with Gasteiger partial charge in [-0.3, -0.25) is 24.7 Å². The molecule has 3 amide bonds. The molecule has 2 N–H and O–H groups in total. The van der Waals surface area contributed by atoms with Crippen molar-refractivity contribution < 1.29 is 27.7 Å². The molecule has 1 aromatic heterocycles. The van der Waals surface area contributed by atoms with Gasteiger partial charge < -0.3 is 15.5 Å². The average Bonchev–Trinajstić information content (AvgIpc) is 2.99. The van der Waals surface area contributed by atoms with Crippen LogP contribution in [0.5, 0.6) is 0 Å². The van der Waals surface area contributed by atoms with Gasteiger partial charge in [0.2, 0.25) is 5.95 Å². The van der Waals surface area contributed by atoms with E-state index in [-0.39, 0.29) is 12.2 Å². The van der Waals surface area contributed by atoms with Gasteiger partial charge in [-0.05, 0) is 48.9 Å². The number of nitro benzene ring substituents is 1. The summed E-state index contributed by atoms with van der Waals surface area (Å²) in [6.07, 6.45) is -3.29. The Hall–Kier alpha value is -5.73. The summed E-state index contributed by atoms with van der Waals surface area (Å²) in [5, 5.41) is 16.8. The summed E-state index contributed by atoms with van der Waals surface area (Å²) in [7, 11) is 5.42. The molecule has 0 atom stereocenters. The first kappa shape index (κ1) is 30.7. The van der Waals surface area contributed by atoms with Gasteiger partial charge in [0.25, 0.3) is 11.6 Å². The zero-order valence-electron chi connectivity index (χ0n) is 24.5. The number of rotatable bonds is 7. The standard InChI is InChI=1S/C30H27F3N8O4/c1-17-8-9-22(35-27(42)18-10-20(30(31,32)33)12-24(11-18)41(44)45)14-25(17)40-16-19-15-34-28(37-26(19)39(4)29(40)43)36-21-6-5-7-23(13-21)38(2)3/h5-15H,16H2,1-4H3,(H,35,42)(H,34,36,37). The minimum atomic E-state index is -4.90. The highest BCUT2D eigenvalue weighted by atomic mass is 19.4. The summed E-state index contributed by atoms with van der Waals surface area (Å²) in [6.45, 7) is 1.86. The number of non-ortho nitro benzene ring substituents is 1. The van der Waals surface area contributed by atoms with Crippen molar-refractivity contribution >= 4 is 52.1 Å². The smallest absolute Gasteiger partial charge is 0.378 e. The van der Waals surface area contributed by atoms with Crippen molar-refractivity contribution in [3.63, 3.8) is 0 Å². The van der Waals surface area contributed by atoms with Crippen LogP contribution in [0.3, 0.4) is 0 Å². The fourth-order valence-corrected chi connectivity index (χ4v) is 4.74. The van der Waals surface area contributed by atoms with Crippen molar-refractivity contribution in [3.8, 4) is 0 Å². The first-order valence-corrected chi connectivity index (χ1v) is 13.5. The Morgan fingerprint density at radius 1 is 1.07 bits per heavy atom. The number of alkyl halides is 3. The number of anilines is 6. The van der Waals surface area contributed by atoms with Crippen LogP contribution in [0.4, 0.5) is 58.2 Å². The number of aromatic nitrogens is 2. The van der Waals surface area contributed by atoms with Gasteiger partial charge >= 0.3 is 12.2 Å². The molecular formula is C30H27F3N8O4. The first-order chi connectivity index (χ1) is 21.2. The second-order valence-electron chi connectivity index (χ2n) is 10.5. The van der Waals surface area contributed by atoms with E-state index in [1.807, 2.05) is 43.3 Å². The van der Waals surface area contributed by atoms with Gasteiger partial charge in [-0.1, -0.05) is 12.1 Å². The molecule has 0 saturated heterocycles. The van der Waals surface area contributed by atoms with Gasteiger partial charge in [0.15, 0.2) is 0 Å². The number of hydrogen-bond acceptors (Lipinski definition) is 8. The van der Waals surface area contributed by atoms with Gasteiger partial charge in [0, 0.05) is 67.7 Å². The normalized spacial score (nSPS) is 12.9. The van der Waals surface area contributed by atoms with Gasteiger partial charge in [-0.2, -0.15) is 18.2 Å². The van der Waals surface area contributed by atoms with Gasteiger partial charge in [0.05, 0.1) is 22.7 Å². The zero-order chi connectivity index (χ0) is 32.6. The van der Waals surface area contributed by atoms with Crippen molar-refractivity contribution in [1.82, 2.24) is 9.97 Å². The maximum atomic E-state index is 13.5. The third-order valence-corrected chi connectivity index (χ3v) is 7.10. The third-order valence-electron chi connectivity index (χ3n) is 7.10. The maximum absolute atomic E-state index is 13.5. The molecule has 4 aromatic rings. The van der Waals surface area contributed by atoms with Crippen LogP contribution in [-0.4, -0.2) is 48.0 Å². The van der Waals surface area contributed by atoms with E-state index in [0.717, 1.165) is 17.4 Å². The molecule has 0 radical (unpaired) electrons. The molecule has 0 fully saturated rings. The van der Waals surface area contributed by atoms with Gasteiger partial charge in [-0.15, -0.1) is 0 Å². The lowest BCUT2D eigenvalue weighted by molar-refractivity contribution is -0.385. The second kappa shape index (κ2) is 11.7. The molecule has 0 spiro atoms. The van der Waals surface area contributed by atoms with Crippen LogP contribution in [0.1, 0.15) is 27.0 Å². The van der Waals surface area contributed by atoms with Crippen molar-refractivity contribution in [2.75, 3.05) is 46.5 Å². The predicted molar refractivity (Wildman–Crippen MR) is 163 cm³/mol. The number of carbonyl (C=O) groups excluding carboxylic acids is 2. The largest absolute Gasteiger partial charge is 0.416 e. The second-order valence-corrected chi connectivity index (χ2v) is 10.5. The molecule has 0 bridgehead atoms. The van der Waals surface area contributed by atoms with Crippen LogP contribution in [-0.2, 0) is 12.7 Å². The van der Waals surface area contributed by atoms with E-state index in [2.05, 4.69) is 20.6 Å². The van der Waals surface area contributed by atoms with E-state index >= 15 is 0 Å². The minimum Gasteiger partial charge on any atom is -0.378 e. The molecule has 0 saturated carbocycles. The number of fused-ring (bicyclic) bond motifs is 1. The van der Waals surface area contributed by atoms with Crippen molar-refractivity contribution in [2.45, 2.75) is 19.6 Å². The number of carbonyl (C=O) groups is 2. The molecule has 15 heteroatoms. The van der Waals surface area contributed by atoms with Crippen LogP contribution in [0.15, 0.2) is 66.9 Å². The molecule has 0 aliphatic carbocycles. The first-order valence-electron chi connectivity index (χ1n) is 13.5. The highest BCUT2D eigenvalue weighted by Crippen LogP contribution is 2.35. The summed E-state index contributed by atoms with van der Waals surface area (Å²) in [5.74, 6) is -0.282. The number of benzene rings is 3. The quantitative estimate of drug-likeness (QED) is 0.180. The van der Waals surface area contributed by atoms with Crippen molar-refractivity contribution in [2.24, 2.45) is 0 Å². The topological polar surface area (TPSA) is 137 Å². The summed E-state index contributed by atoms with van der Waals surface area (Å²) in [5.41, 5.74) is 0.912. The Kier molecular flexibility index (Phi) is 8.02. The molecule has 45 heavy (non-hydrogen) atoms. The van der Waals surface area contributed by atoms with E-state index in [9.17, 15) is 32.9 Å². The molecule has 12 nitrogen and oxygen atoms in total. The number of urea groups is 1. The summed E-state index contributed by atoms with van der Waals surface area (Å²) < 4.78 is 40.0. The lowest BCUT2D eigenvalue weighted by Crippen LogP contribution is -2.46.